The molecule has 4 rings (SSSR count). The summed E-state index contributed by atoms with van der Waals surface area (Å²) < 4.78 is 5.85. The van der Waals surface area contributed by atoms with Crippen molar-refractivity contribution in [3.8, 4) is 5.75 Å². The molecule has 0 aliphatic carbocycles. The Hall–Kier alpha value is -3.61. The van der Waals surface area contributed by atoms with Gasteiger partial charge in [-0.05, 0) is 55.3 Å². The number of ether oxygens (including phenoxy) is 1. The van der Waals surface area contributed by atoms with E-state index in [4.69, 9.17) is 9.72 Å². The van der Waals surface area contributed by atoms with Gasteiger partial charge in [-0.2, -0.15) is 0 Å². The molecule has 2 heterocycles. The predicted molar refractivity (Wildman–Crippen MR) is 127 cm³/mol. The molecule has 0 unspecified atom stereocenters. The molecule has 0 atom stereocenters. The fraction of sp³-hybridized carbons (Fsp3) is 0.320. The molecule has 0 saturated carbocycles. The van der Waals surface area contributed by atoms with Crippen molar-refractivity contribution in [2.45, 2.75) is 32.6 Å². The first-order valence-electron chi connectivity index (χ1n) is 11.0. The van der Waals surface area contributed by atoms with Crippen LogP contribution in [-0.2, 0) is 9.59 Å². The number of carbonyl (C=O) groups is 2. The standard InChI is InChI=1S/C25H28N4O3/c1-18(30)26-20-10-12-21(13-11-20)27-24(31)17-32-22-8-6-7-19-9-14-23(28-25(19)22)29-15-4-2-3-5-16-29/h6-14H,2-5,15-17H2,1H3,(H,26,30)(H,27,31). The summed E-state index contributed by atoms with van der Waals surface area (Å²) in [5.41, 5.74) is 2.07. The van der Waals surface area contributed by atoms with Gasteiger partial charge in [0.15, 0.2) is 6.61 Å². The van der Waals surface area contributed by atoms with Crippen molar-refractivity contribution < 1.29 is 14.3 Å². The van der Waals surface area contributed by atoms with Gasteiger partial charge in [0, 0.05) is 36.8 Å². The Kier molecular flexibility index (Phi) is 6.84. The van der Waals surface area contributed by atoms with Crippen molar-refractivity contribution in [1.82, 2.24) is 4.98 Å². The van der Waals surface area contributed by atoms with Gasteiger partial charge in [-0.3, -0.25) is 9.59 Å². The van der Waals surface area contributed by atoms with E-state index in [1.54, 1.807) is 24.3 Å². The fourth-order valence-corrected chi connectivity index (χ4v) is 3.88. The minimum absolute atomic E-state index is 0.123. The quantitative estimate of drug-likeness (QED) is 0.595. The topological polar surface area (TPSA) is 83.6 Å². The van der Waals surface area contributed by atoms with E-state index in [-0.39, 0.29) is 18.4 Å². The maximum absolute atomic E-state index is 12.4. The van der Waals surface area contributed by atoms with Crippen LogP contribution in [0.2, 0.25) is 0 Å². The largest absolute Gasteiger partial charge is 0.481 e. The average molecular weight is 433 g/mol. The zero-order valence-electron chi connectivity index (χ0n) is 18.3. The highest BCUT2D eigenvalue weighted by molar-refractivity contribution is 5.93. The van der Waals surface area contributed by atoms with E-state index >= 15 is 0 Å². The molecule has 1 saturated heterocycles. The number of hydrogen-bond donors (Lipinski definition) is 2. The van der Waals surface area contributed by atoms with E-state index < -0.39 is 0 Å². The van der Waals surface area contributed by atoms with Gasteiger partial charge < -0.3 is 20.3 Å². The third-order valence-corrected chi connectivity index (χ3v) is 5.45. The summed E-state index contributed by atoms with van der Waals surface area (Å²) in [7, 11) is 0. The summed E-state index contributed by atoms with van der Waals surface area (Å²) in [6.45, 7) is 3.36. The lowest BCUT2D eigenvalue weighted by Crippen LogP contribution is -2.24. The van der Waals surface area contributed by atoms with Crippen molar-refractivity contribution >= 4 is 39.9 Å². The minimum atomic E-state index is -0.266. The summed E-state index contributed by atoms with van der Waals surface area (Å²) >= 11 is 0. The number of nitrogens with zero attached hydrogens (tertiary/aromatic N) is 2. The molecule has 7 heteroatoms. The van der Waals surface area contributed by atoms with E-state index in [0.29, 0.717) is 17.1 Å². The minimum Gasteiger partial charge on any atom is -0.481 e. The van der Waals surface area contributed by atoms with Crippen LogP contribution in [0, 0.1) is 0 Å². The fourth-order valence-electron chi connectivity index (χ4n) is 3.88. The van der Waals surface area contributed by atoms with Gasteiger partial charge in [0.05, 0.1) is 0 Å². The van der Waals surface area contributed by atoms with Gasteiger partial charge in [0.1, 0.15) is 17.1 Å². The highest BCUT2D eigenvalue weighted by Gasteiger charge is 2.14. The second kappa shape index (κ2) is 10.1. The second-order valence-electron chi connectivity index (χ2n) is 7.99. The Labute approximate surface area is 187 Å². The van der Waals surface area contributed by atoms with E-state index in [1.807, 2.05) is 18.2 Å². The van der Waals surface area contributed by atoms with Gasteiger partial charge in [-0.25, -0.2) is 4.98 Å². The molecular weight excluding hydrogens is 404 g/mol. The molecule has 166 valence electrons. The molecule has 1 fully saturated rings. The van der Waals surface area contributed by atoms with Gasteiger partial charge in [0.25, 0.3) is 5.91 Å². The summed E-state index contributed by atoms with van der Waals surface area (Å²) in [5, 5.41) is 6.48. The third kappa shape index (κ3) is 5.55. The molecule has 0 bridgehead atoms. The molecule has 3 aromatic rings. The molecule has 1 aromatic heterocycles. The summed E-state index contributed by atoms with van der Waals surface area (Å²) in [6.07, 6.45) is 4.90. The van der Waals surface area contributed by atoms with Crippen LogP contribution in [0.5, 0.6) is 5.75 Å². The molecule has 1 aliphatic rings. The highest BCUT2D eigenvalue weighted by Crippen LogP contribution is 2.27. The van der Waals surface area contributed by atoms with Gasteiger partial charge in [-0.1, -0.05) is 25.0 Å². The number of benzene rings is 2. The van der Waals surface area contributed by atoms with Crippen LogP contribution in [0.1, 0.15) is 32.6 Å². The number of pyridine rings is 1. The molecule has 7 nitrogen and oxygen atoms in total. The van der Waals surface area contributed by atoms with Crippen molar-refractivity contribution in [3.63, 3.8) is 0 Å². The van der Waals surface area contributed by atoms with Crippen LogP contribution in [0.3, 0.4) is 0 Å². The molecule has 2 N–H and O–H groups in total. The normalized spacial score (nSPS) is 14.0. The van der Waals surface area contributed by atoms with Crippen molar-refractivity contribution in [2.75, 3.05) is 35.2 Å². The summed E-state index contributed by atoms with van der Waals surface area (Å²) in [6, 6.07) is 16.8. The van der Waals surface area contributed by atoms with E-state index in [9.17, 15) is 9.59 Å². The average Bonchev–Trinajstić information content (AvgIpc) is 3.08. The predicted octanol–water partition coefficient (Wildman–Crippen LogP) is 4.59. The lowest BCUT2D eigenvalue weighted by molar-refractivity contribution is -0.118. The van der Waals surface area contributed by atoms with Crippen LogP contribution in [0.15, 0.2) is 54.6 Å². The Morgan fingerprint density at radius 3 is 2.28 bits per heavy atom. The number of rotatable bonds is 6. The number of hydrogen-bond acceptors (Lipinski definition) is 5. The maximum Gasteiger partial charge on any atom is 0.262 e. The molecule has 1 aliphatic heterocycles. The SMILES string of the molecule is CC(=O)Nc1ccc(NC(=O)COc2cccc3ccc(N4CCCCCC4)nc23)cc1. The molecule has 2 aromatic carbocycles. The van der Waals surface area contributed by atoms with E-state index in [1.165, 1.54) is 32.6 Å². The Bertz CT molecular complexity index is 1090. The number of aromatic nitrogens is 1. The van der Waals surface area contributed by atoms with Crippen molar-refractivity contribution in [2.24, 2.45) is 0 Å². The molecule has 2 amide bonds. The highest BCUT2D eigenvalue weighted by atomic mass is 16.5. The Balaban J connectivity index is 1.42. The number of carbonyl (C=O) groups excluding carboxylic acids is 2. The lowest BCUT2D eigenvalue weighted by Gasteiger charge is -2.22. The van der Waals surface area contributed by atoms with Crippen LogP contribution < -0.4 is 20.3 Å². The van der Waals surface area contributed by atoms with Crippen LogP contribution in [0.4, 0.5) is 17.2 Å². The van der Waals surface area contributed by atoms with Crippen LogP contribution in [0.25, 0.3) is 10.9 Å². The number of nitrogens with one attached hydrogen (secondary N) is 2. The third-order valence-electron chi connectivity index (χ3n) is 5.45. The summed E-state index contributed by atoms with van der Waals surface area (Å²) in [4.78, 5) is 30.7. The van der Waals surface area contributed by atoms with Crippen molar-refractivity contribution in [3.05, 3.63) is 54.6 Å². The zero-order chi connectivity index (χ0) is 22.3. The Morgan fingerprint density at radius 2 is 1.59 bits per heavy atom. The molecule has 0 spiro atoms. The number of amides is 2. The first-order valence-corrected chi connectivity index (χ1v) is 11.0. The Morgan fingerprint density at radius 1 is 0.906 bits per heavy atom. The second-order valence-corrected chi connectivity index (χ2v) is 7.99. The molecule has 32 heavy (non-hydrogen) atoms. The smallest absolute Gasteiger partial charge is 0.262 e. The van der Waals surface area contributed by atoms with Crippen LogP contribution in [-0.4, -0.2) is 36.5 Å². The first kappa shape index (κ1) is 21.6. The number of anilines is 3. The first-order chi connectivity index (χ1) is 15.6. The van der Waals surface area contributed by atoms with E-state index in [0.717, 1.165) is 29.8 Å². The number of fused-ring (bicyclic) bond motifs is 1. The van der Waals surface area contributed by atoms with Crippen LogP contribution >= 0.6 is 0 Å². The molecular formula is C25H28N4O3. The lowest BCUT2D eigenvalue weighted by atomic mass is 10.2. The molecule has 0 radical (unpaired) electrons. The summed E-state index contributed by atoms with van der Waals surface area (Å²) in [5.74, 6) is 1.14. The number of para-hydroxylation sites is 1. The zero-order valence-corrected chi connectivity index (χ0v) is 18.3. The monoisotopic (exact) mass is 432 g/mol. The van der Waals surface area contributed by atoms with E-state index in [2.05, 4.69) is 27.7 Å². The maximum atomic E-state index is 12.4. The van der Waals surface area contributed by atoms with Crippen molar-refractivity contribution in [1.29, 1.82) is 0 Å². The van der Waals surface area contributed by atoms with Gasteiger partial charge in [-0.15, -0.1) is 0 Å². The van der Waals surface area contributed by atoms with Gasteiger partial charge in [0.2, 0.25) is 5.91 Å². The van der Waals surface area contributed by atoms with Gasteiger partial charge >= 0.3 is 0 Å².